The smallest absolute Gasteiger partial charge is 0.148 e. The van der Waals surface area contributed by atoms with Crippen LogP contribution >= 0.6 is 23.2 Å². The topological polar surface area (TPSA) is 56.5 Å². The summed E-state index contributed by atoms with van der Waals surface area (Å²) in [6.07, 6.45) is -0.727. The Hall–Kier alpha value is -2.73. The van der Waals surface area contributed by atoms with Crippen LogP contribution in [0.4, 0.5) is 0 Å². The molecule has 0 aliphatic rings. The van der Waals surface area contributed by atoms with Crippen molar-refractivity contribution in [2.75, 3.05) is 6.61 Å². The Morgan fingerprint density at radius 2 is 1.74 bits per heavy atom. The van der Waals surface area contributed by atoms with Gasteiger partial charge in [0.25, 0.3) is 0 Å². The third-order valence-corrected chi connectivity index (χ3v) is 5.43. The average Bonchev–Trinajstić information content (AvgIpc) is 3.10. The average molecular weight is 457 g/mol. The van der Waals surface area contributed by atoms with Crippen LogP contribution in [0.1, 0.15) is 11.4 Å². The molecule has 7 heteroatoms. The van der Waals surface area contributed by atoms with E-state index in [-0.39, 0.29) is 13.2 Å². The summed E-state index contributed by atoms with van der Waals surface area (Å²) in [5, 5.41) is 11.6. The molecule has 0 fully saturated rings. The van der Waals surface area contributed by atoms with Crippen LogP contribution in [0.5, 0.6) is 11.5 Å². The molecule has 31 heavy (non-hydrogen) atoms. The van der Waals surface area contributed by atoms with E-state index in [4.69, 9.17) is 32.7 Å². The maximum atomic E-state index is 10.7. The van der Waals surface area contributed by atoms with Crippen LogP contribution in [0, 0.1) is 6.92 Å². The number of para-hydroxylation sites is 3. The van der Waals surface area contributed by atoms with Crippen LogP contribution in [0.15, 0.2) is 66.7 Å². The highest BCUT2D eigenvalue weighted by Crippen LogP contribution is 2.28. The van der Waals surface area contributed by atoms with Crippen molar-refractivity contribution < 1.29 is 14.6 Å². The van der Waals surface area contributed by atoms with Crippen molar-refractivity contribution in [3.63, 3.8) is 0 Å². The van der Waals surface area contributed by atoms with Crippen LogP contribution in [-0.2, 0) is 13.2 Å². The fraction of sp³-hybridized carbons (Fsp3) is 0.208. The highest BCUT2D eigenvalue weighted by molar-refractivity contribution is 6.35. The Labute approximate surface area is 190 Å². The molecule has 0 spiro atoms. The van der Waals surface area contributed by atoms with Crippen molar-refractivity contribution in [1.82, 2.24) is 9.55 Å². The summed E-state index contributed by atoms with van der Waals surface area (Å²) in [5.41, 5.74) is 2.77. The summed E-state index contributed by atoms with van der Waals surface area (Å²) >= 11 is 12.2. The molecule has 1 aromatic heterocycles. The zero-order valence-corrected chi connectivity index (χ0v) is 18.5. The quantitative estimate of drug-likeness (QED) is 0.371. The lowest BCUT2D eigenvalue weighted by atomic mass is 10.2. The molecule has 0 radical (unpaired) electrons. The van der Waals surface area contributed by atoms with E-state index in [1.807, 2.05) is 60.0 Å². The number of hydrogen-bond donors (Lipinski definition) is 1. The van der Waals surface area contributed by atoms with Gasteiger partial charge in [-0.05, 0) is 48.9 Å². The van der Waals surface area contributed by atoms with Gasteiger partial charge in [0.15, 0.2) is 0 Å². The molecule has 1 N–H and O–H groups in total. The SMILES string of the molecule is Cc1ccccc1OCC(O)Cn1c(COc2ccc(Cl)cc2Cl)nc2ccccc21. The monoisotopic (exact) mass is 456 g/mol. The van der Waals surface area contributed by atoms with E-state index in [1.165, 1.54) is 0 Å². The molecule has 0 aliphatic carbocycles. The molecule has 1 heterocycles. The van der Waals surface area contributed by atoms with E-state index in [9.17, 15) is 5.11 Å². The summed E-state index contributed by atoms with van der Waals surface area (Å²) < 4.78 is 13.6. The van der Waals surface area contributed by atoms with Gasteiger partial charge in [-0.15, -0.1) is 0 Å². The number of aryl methyl sites for hydroxylation is 1. The zero-order chi connectivity index (χ0) is 21.8. The first kappa shape index (κ1) is 21.5. The van der Waals surface area contributed by atoms with Crippen LogP contribution in [-0.4, -0.2) is 27.4 Å². The fourth-order valence-electron chi connectivity index (χ4n) is 3.34. The Morgan fingerprint density at radius 3 is 2.55 bits per heavy atom. The molecule has 1 unspecified atom stereocenters. The maximum absolute atomic E-state index is 10.7. The van der Waals surface area contributed by atoms with Gasteiger partial charge in [0.1, 0.15) is 36.6 Å². The molecule has 0 amide bonds. The van der Waals surface area contributed by atoms with Crippen molar-refractivity contribution in [1.29, 1.82) is 0 Å². The first-order valence-corrected chi connectivity index (χ1v) is 10.7. The Morgan fingerprint density at radius 1 is 0.968 bits per heavy atom. The molecular formula is C24H22Cl2N2O3. The van der Waals surface area contributed by atoms with Gasteiger partial charge < -0.3 is 19.1 Å². The van der Waals surface area contributed by atoms with Crippen molar-refractivity contribution >= 4 is 34.2 Å². The lowest BCUT2D eigenvalue weighted by molar-refractivity contribution is 0.0914. The Bertz CT molecular complexity index is 1190. The highest BCUT2D eigenvalue weighted by Gasteiger charge is 2.16. The van der Waals surface area contributed by atoms with Crippen molar-refractivity contribution in [2.45, 2.75) is 26.2 Å². The second-order valence-electron chi connectivity index (χ2n) is 7.22. The molecule has 4 aromatic rings. The molecule has 160 valence electrons. The number of ether oxygens (including phenoxy) is 2. The van der Waals surface area contributed by atoms with Gasteiger partial charge in [0.2, 0.25) is 0 Å². The molecular weight excluding hydrogens is 435 g/mol. The molecule has 5 nitrogen and oxygen atoms in total. The van der Waals surface area contributed by atoms with Crippen LogP contribution in [0.2, 0.25) is 10.0 Å². The lowest BCUT2D eigenvalue weighted by Crippen LogP contribution is -2.25. The van der Waals surface area contributed by atoms with Gasteiger partial charge in [-0.25, -0.2) is 4.98 Å². The summed E-state index contributed by atoms with van der Waals surface area (Å²) in [4.78, 5) is 4.68. The summed E-state index contributed by atoms with van der Waals surface area (Å²) in [5.74, 6) is 1.97. The van der Waals surface area contributed by atoms with Gasteiger partial charge in [-0.3, -0.25) is 0 Å². The molecule has 1 atom stereocenters. The largest absolute Gasteiger partial charge is 0.491 e. The number of hydrogen-bond acceptors (Lipinski definition) is 4. The van der Waals surface area contributed by atoms with Crippen molar-refractivity contribution in [3.05, 3.63) is 88.2 Å². The molecule has 0 saturated heterocycles. The van der Waals surface area contributed by atoms with Crippen LogP contribution < -0.4 is 9.47 Å². The summed E-state index contributed by atoms with van der Waals surface area (Å²) in [7, 11) is 0. The van der Waals surface area contributed by atoms with Crippen LogP contribution in [0.25, 0.3) is 11.0 Å². The van der Waals surface area contributed by atoms with E-state index in [2.05, 4.69) is 4.98 Å². The molecule has 0 bridgehead atoms. The normalized spacial score (nSPS) is 12.1. The number of aliphatic hydroxyl groups excluding tert-OH is 1. The summed E-state index contributed by atoms with van der Waals surface area (Å²) in [6, 6.07) is 20.6. The highest BCUT2D eigenvalue weighted by atomic mass is 35.5. The number of fused-ring (bicyclic) bond motifs is 1. The van der Waals surface area contributed by atoms with Gasteiger partial charge in [-0.2, -0.15) is 0 Å². The number of aromatic nitrogens is 2. The maximum Gasteiger partial charge on any atom is 0.148 e. The third kappa shape index (κ3) is 5.13. The Balaban J connectivity index is 1.51. The molecule has 3 aromatic carbocycles. The standard InChI is InChI=1S/C24H22Cl2N2O3/c1-16-6-2-5-9-22(16)30-14-18(29)13-28-21-8-4-3-7-20(21)27-24(28)15-31-23-11-10-17(25)12-19(23)26/h2-12,18,29H,13-15H2,1H3. The van der Waals surface area contributed by atoms with Gasteiger partial charge in [-0.1, -0.05) is 53.5 Å². The third-order valence-electron chi connectivity index (χ3n) is 4.90. The number of rotatable bonds is 8. The van der Waals surface area contributed by atoms with E-state index < -0.39 is 6.10 Å². The van der Waals surface area contributed by atoms with Gasteiger partial charge in [0, 0.05) is 5.02 Å². The zero-order valence-electron chi connectivity index (χ0n) is 17.0. The predicted octanol–water partition coefficient (Wildman–Crippen LogP) is 5.67. The van der Waals surface area contributed by atoms with E-state index in [1.54, 1.807) is 18.2 Å². The minimum atomic E-state index is -0.727. The van der Waals surface area contributed by atoms with E-state index in [0.717, 1.165) is 22.3 Å². The first-order valence-electron chi connectivity index (χ1n) is 9.90. The predicted molar refractivity (Wildman–Crippen MR) is 123 cm³/mol. The van der Waals surface area contributed by atoms with Crippen molar-refractivity contribution in [2.24, 2.45) is 0 Å². The summed E-state index contributed by atoms with van der Waals surface area (Å²) in [6.45, 7) is 2.66. The lowest BCUT2D eigenvalue weighted by Gasteiger charge is -2.17. The van der Waals surface area contributed by atoms with Gasteiger partial charge in [0.05, 0.1) is 22.6 Å². The number of imidazole rings is 1. The number of aliphatic hydroxyl groups is 1. The number of benzene rings is 3. The second-order valence-corrected chi connectivity index (χ2v) is 8.06. The number of nitrogens with zero attached hydrogens (tertiary/aromatic N) is 2. The number of halogens is 2. The molecule has 4 rings (SSSR count). The van der Waals surface area contributed by atoms with E-state index in [0.29, 0.717) is 28.2 Å². The van der Waals surface area contributed by atoms with Gasteiger partial charge >= 0.3 is 0 Å². The second kappa shape index (κ2) is 9.60. The van der Waals surface area contributed by atoms with Crippen LogP contribution in [0.3, 0.4) is 0 Å². The van der Waals surface area contributed by atoms with E-state index >= 15 is 0 Å². The molecule has 0 aliphatic heterocycles. The minimum absolute atomic E-state index is 0.167. The van der Waals surface area contributed by atoms with Crippen molar-refractivity contribution in [3.8, 4) is 11.5 Å². The first-order chi connectivity index (χ1) is 15.0. The minimum Gasteiger partial charge on any atom is -0.491 e. The fourth-order valence-corrected chi connectivity index (χ4v) is 3.80. The Kier molecular flexibility index (Phi) is 6.66. The molecule has 0 saturated carbocycles.